The van der Waals surface area contributed by atoms with Crippen molar-refractivity contribution in [2.24, 2.45) is 7.05 Å². The topological polar surface area (TPSA) is 119 Å². The third-order valence-electron chi connectivity index (χ3n) is 5.04. The van der Waals surface area contributed by atoms with Gasteiger partial charge in [-0.25, -0.2) is 9.37 Å². The summed E-state index contributed by atoms with van der Waals surface area (Å²) in [5.41, 5.74) is 3.84. The summed E-state index contributed by atoms with van der Waals surface area (Å²) in [5.74, 6) is 0.468. The number of carbonyl (C=O) groups is 1. The number of fused-ring (bicyclic) bond motifs is 3. The van der Waals surface area contributed by atoms with E-state index in [1.165, 1.54) is 19.2 Å². The standard InChI is InChI=1S/C22H19FN8O2/c1-24-22(32)20-16(8-18(28-29-20)27-17-7-6-13(23)9-25-17)26-15-5-3-4-14-19-12(10-31(2)30-19)11-33-21(14)15/h3-10H,11H2,1-2H3,(H,24,32)(H2,25,26,27,28). The van der Waals surface area contributed by atoms with Crippen LogP contribution in [0.5, 0.6) is 5.75 Å². The summed E-state index contributed by atoms with van der Waals surface area (Å²) in [6, 6.07) is 10.0. The normalized spacial score (nSPS) is 11.7. The minimum Gasteiger partial charge on any atom is -0.486 e. The zero-order valence-electron chi connectivity index (χ0n) is 17.8. The lowest BCUT2D eigenvalue weighted by Gasteiger charge is -2.21. The molecule has 0 unspecified atom stereocenters. The minimum atomic E-state index is -0.450. The number of amides is 1. The fraction of sp³-hybridized carbons (Fsp3) is 0.136. The molecule has 4 aromatic rings. The Bertz CT molecular complexity index is 1350. The summed E-state index contributed by atoms with van der Waals surface area (Å²) in [6.07, 6.45) is 3.02. The van der Waals surface area contributed by atoms with Crippen LogP contribution in [-0.2, 0) is 13.7 Å². The second kappa shape index (κ2) is 8.19. The van der Waals surface area contributed by atoms with E-state index in [0.29, 0.717) is 35.4 Å². The summed E-state index contributed by atoms with van der Waals surface area (Å²) in [6.45, 7) is 0.384. The molecule has 1 aromatic carbocycles. The van der Waals surface area contributed by atoms with Crippen molar-refractivity contribution in [1.29, 1.82) is 0 Å². The second-order valence-corrected chi connectivity index (χ2v) is 7.33. The maximum Gasteiger partial charge on any atom is 0.273 e. The maximum absolute atomic E-state index is 13.2. The molecule has 3 aromatic heterocycles. The molecule has 10 nitrogen and oxygen atoms in total. The van der Waals surface area contributed by atoms with Crippen LogP contribution in [0.15, 0.2) is 48.8 Å². The number of hydrogen-bond acceptors (Lipinski definition) is 8. The summed E-state index contributed by atoms with van der Waals surface area (Å²) in [4.78, 5) is 16.4. The first kappa shape index (κ1) is 20.4. The molecule has 0 atom stereocenters. The van der Waals surface area contributed by atoms with E-state index in [0.717, 1.165) is 23.0 Å². The van der Waals surface area contributed by atoms with Crippen molar-refractivity contribution in [3.63, 3.8) is 0 Å². The van der Waals surface area contributed by atoms with Gasteiger partial charge in [0.05, 0.1) is 17.6 Å². The molecule has 0 fully saturated rings. The Morgan fingerprint density at radius 2 is 2.00 bits per heavy atom. The van der Waals surface area contributed by atoms with Crippen LogP contribution in [0.3, 0.4) is 0 Å². The van der Waals surface area contributed by atoms with Gasteiger partial charge in [-0.1, -0.05) is 6.07 Å². The van der Waals surface area contributed by atoms with Crippen LogP contribution in [0.2, 0.25) is 0 Å². The molecule has 5 rings (SSSR count). The Balaban J connectivity index is 1.52. The number of aromatic nitrogens is 5. The van der Waals surface area contributed by atoms with Crippen molar-refractivity contribution in [1.82, 2.24) is 30.3 Å². The van der Waals surface area contributed by atoms with Crippen LogP contribution in [0.1, 0.15) is 16.1 Å². The van der Waals surface area contributed by atoms with Crippen molar-refractivity contribution >= 4 is 28.9 Å². The first-order valence-corrected chi connectivity index (χ1v) is 10.1. The average Bonchev–Trinajstić information content (AvgIpc) is 3.21. The molecule has 3 N–H and O–H groups in total. The Hall–Kier alpha value is -4.54. The summed E-state index contributed by atoms with van der Waals surface area (Å²) in [7, 11) is 3.38. The number of halogens is 1. The van der Waals surface area contributed by atoms with Crippen molar-refractivity contribution in [2.45, 2.75) is 6.61 Å². The largest absolute Gasteiger partial charge is 0.486 e. The first-order valence-electron chi connectivity index (χ1n) is 10.1. The number of anilines is 4. The van der Waals surface area contributed by atoms with E-state index in [9.17, 15) is 9.18 Å². The van der Waals surface area contributed by atoms with Gasteiger partial charge in [0.25, 0.3) is 5.91 Å². The van der Waals surface area contributed by atoms with Crippen molar-refractivity contribution in [2.75, 3.05) is 17.7 Å². The molecular weight excluding hydrogens is 427 g/mol. The average molecular weight is 446 g/mol. The minimum absolute atomic E-state index is 0.0991. The van der Waals surface area contributed by atoms with Crippen LogP contribution < -0.4 is 20.7 Å². The van der Waals surface area contributed by atoms with E-state index in [1.54, 1.807) is 10.7 Å². The van der Waals surface area contributed by atoms with Gasteiger partial charge in [0.2, 0.25) is 0 Å². The van der Waals surface area contributed by atoms with E-state index in [4.69, 9.17) is 4.74 Å². The molecule has 0 saturated heterocycles. The summed E-state index contributed by atoms with van der Waals surface area (Å²) in [5, 5.41) is 21.4. The van der Waals surface area contributed by atoms with Crippen LogP contribution in [0.4, 0.5) is 27.4 Å². The maximum atomic E-state index is 13.2. The van der Waals surface area contributed by atoms with Crippen molar-refractivity contribution < 1.29 is 13.9 Å². The van der Waals surface area contributed by atoms with Gasteiger partial charge in [0.15, 0.2) is 17.3 Å². The molecule has 4 heterocycles. The molecular formula is C22H19FN8O2. The molecule has 1 aliphatic rings. The number of aryl methyl sites for hydroxylation is 1. The lowest BCUT2D eigenvalue weighted by molar-refractivity contribution is 0.0958. The Labute approximate surface area is 187 Å². The monoisotopic (exact) mass is 446 g/mol. The number of nitrogens with zero attached hydrogens (tertiary/aromatic N) is 5. The van der Waals surface area contributed by atoms with Crippen molar-refractivity contribution in [3.05, 3.63) is 65.9 Å². The number of nitrogens with one attached hydrogen (secondary N) is 3. The van der Waals surface area contributed by atoms with E-state index in [1.807, 2.05) is 31.4 Å². The van der Waals surface area contributed by atoms with E-state index in [-0.39, 0.29) is 5.69 Å². The highest BCUT2D eigenvalue weighted by Crippen LogP contribution is 2.42. The molecule has 33 heavy (non-hydrogen) atoms. The fourth-order valence-electron chi connectivity index (χ4n) is 3.56. The summed E-state index contributed by atoms with van der Waals surface area (Å²) < 4.78 is 20.9. The lowest BCUT2D eigenvalue weighted by Crippen LogP contribution is -2.21. The first-order chi connectivity index (χ1) is 16.0. The molecule has 1 amide bonds. The third kappa shape index (κ3) is 3.91. The van der Waals surface area contributed by atoms with Gasteiger partial charge in [0.1, 0.15) is 23.9 Å². The van der Waals surface area contributed by atoms with Crippen LogP contribution in [-0.4, -0.2) is 37.9 Å². The number of pyridine rings is 1. The van der Waals surface area contributed by atoms with Gasteiger partial charge in [-0.2, -0.15) is 5.10 Å². The van der Waals surface area contributed by atoms with Crippen LogP contribution in [0, 0.1) is 5.82 Å². The number of benzene rings is 1. The van der Waals surface area contributed by atoms with Gasteiger partial charge in [0, 0.05) is 37.5 Å². The van der Waals surface area contributed by atoms with Crippen LogP contribution >= 0.6 is 0 Å². The molecule has 11 heteroatoms. The predicted octanol–water partition coefficient (Wildman–Crippen LogP) is 3.15. The molecule has 1 aliphatic heterocycles. The Kier molecular flexibility index (Phi) is 5.05. The van der Waals surface area contributed by atoms with Crippen molar-refractivity contribution in [3.8, 4) is 17.0 Å². The fourth-order valence-corrected chi connectivity index (χ4v) is 3.56. The van der Waals surface area contributed by atoms with Gasteiger partial charge >= 0.3 is 0 Å². The summed E-state index contributed by atoms with van der Waals surface area (Å²) >= 11 is 0. The quantitative estimate of drug-likeness (QED) is 0.428. The lowest BCUT2D eigenvalue weighted by atomic mass is 10.0. The van der Waals surface area contributed by atoms with Crippen LogP contribution in [0.25, 0.3) is 11.3 Å². The highest BCUT2D eigenvalue weighted by molar-refractivity contribution is 5.99. The van der Waals surface area contributed by atoms with Gasteiger partial charge < -0.3 is 20.7 Å². The zero-order valence-corrected chi connectivity index (χ0v) is 17.8. The molecule has 0 bridgehead atoms. The van der Waals surface area contributed by atoms with Gasteiger partial charge in [-0.3, -0.25) is 9.48 Å². The molecule has 0 radical (unpaired) electrons. The third-order valence-corrected chi connectivity index (χ3v) is 5.04. The highest BCUT2D eigenvalue weighted by atomic mass is 19.1. The zero-order chi connectivity index (χ0) is 22.9. The molecule has 0 saturated carbocycles. The Morgan fingerprint density at radius 1 is 1.12 bits per heavy atom. The number of para-hydroxylation sites is 1. The second-order valence-electron chi connectivity index (χ2n) is 7.33. The van der Waals surface area contributed by atoms with Gasteiger partial charge in [-0.05, 0) is 24.3 Å². The van der Waals surface area contributed by atoms with E-state index in [2.05, 4.69) is 36.2 Å². The number of hydrogen-bond donors (Lipinski definition) is 3. The SMILES string of the molecule is CNC(=O)c1nnc(Nc2ccc(F)cn2)cc1Nc1cccc2c1OCc1cn(C)nc1-2. The number of carbonyl (C=O) groups excluding carboxylic acids is 1. The molecule has 166 valence electrons. The highest BCUT2D eigenvalue weighted by Gasteiger charge is 2.24. The predicted molar refractivity (Wildman–Crippen MR) is 119 cm³/mol. The number of rotatable bonds is 5. The van der Waals surface area contributed by atoms with Gasteiger partial charge in [-0.15, -0.1) is 10.2 Å². The van der Waals surface area contributed by atoms with E-state index < -0.39 is 11.7 Å². The molecule has 0 spiro atoms. The van der Waals surface area contributed by atoms with E-state index >= 15 is 0 Å². The number of ether oxygens (including phenoxy) is 1. The Morgan fingerprint density at radius 3 is 2.79 bits per heavy atom. The smallest absolute Gasteiger partial charge is 0.273 e. The molecule has 0 aliphatic carbocycles.